The van der Waals surface area contributed by atoms with Crippen molar-refractivity contribution in [2.45, 2.75) is 51.4 Å². The monoisotopic (exact) mass is 598 g/mol. The smallest absolute Gasteiger partial charge is 0.133 e. The van der Waals surface area contributed by atoms with Crippen molar-refractivity contribution in [3.05, 3.63) is 19.3 Å². The summed E-state index contributed by atoms with van der Waals surface area (Å²) in [4.78, 5) is 0. The molecule has 1 rings (SSSR count). The number of hydrogen-bond acceptors (Lipinski definition) is 2. The van der Waals surface area contributed by atoms with Crippen LogP contribution in [-0.4, -0.2) is 25.0 Å². The minimum atomic E-state index is 0.755. The van der Waals surface area contributed by atoms with Gasteiger partial charge in [-0.25, -0.2) is 0 Å². The van der Waals surface area contributed by atoms with Crippen LogP contribution in [0.2, 0.25) is 0 Å². The Balaban J connectivity index is 2.33. The fourth-order valence-electron chi connectivity index (χ4n) is 2.20. The molecule has 24 heavy (non-hydrogen) atoms. The van der Waals surface area contributed by atoms with E-state index in [0.717, 1.165) is 69.3 Å². The molecule has 0 saturated heterocycles. The third-order valence-corrected chi connectivity index (χ3v) is 5.78. The molecule has 0 aliphatic heterocycles. The molecule has 0 amide bonds. The highest BCUT2D eigenvalue weighted by atomic mass is 127. The van der Waals surface area contributed by atoms with Gasteiger partial charge in [0, 0.05) is 11.8 Å². The highest BCUT2D eigenvalue weighted by Gasteiger charge is 2.09. The first-order chi connectivity index (χ1) is 11.7. The topological polar surface area (TPSA) is 18.5 Å². The number of ether oxygens (including phenoxy) is 2. The van der Waals surface area contributed by atoms with Crippen LogP contribution < -0.4 is 9.47 Å². The number of hydrogen-bond donors (Lipinski definition) is 0. The molecule has 0 aliphatic carbocycles. The lowest BCUT2D eigenvalue weighted by atomic mass is 10.2. The Morgan fingerprint density at radius 3 is 1.38 bits per heavy atom. The van der Waals surface area contributed by atoms with Gasteiger partial charge in [0.25, 0.3) is 0 Å². The zero-order valence-electron chi connectivity index (χ0n) is 14.0. The molecule has 2 nitrogen and oxygen atoms in total. The summed E-state index contributed by atoms with van der Waals surface area (Å²) in [5.41, 5.74) is 0. The van der Waals surface area contributed by atoms with Crippen LogP contribution in [0.4, 0.5) is 0 Å². The number of unbranched alkanes of at least 4 members (excludes halogenated alkanes) is 6. The van der Waals surface area contributed by atoms with Gasteiger partial charge in [-0.1, -0.05) is 25.7 Å². The molecule has 1 aromatic carbocycles. The fourth-order valence-corrected chi connectivity index (χ4v) is 3.76. The summed E-state index contributed by atoms with van der Waals surface area (Å²) >= 11 is 16.0. The predicted molar refractivity (Wildman–Crippen MR) is 121 cm³/mol. The third kappa shape index (κ3) is 10.1. The highest BCUT2D eigenvalue weighted by molar-refractivity contribution is 14.1. The van der Waals surface area contributed by atoms with Crippen LogP contribution in [0.1, 0.15) is 51.4 Å². The number of halogens is 4. The van der Waals surface area contributed by atoms with Crippen molar-refractivity contribution in [3.63, 3.8) is 0 Å². The van der Waals surface area contributed by atoms with Crippen molar-refractivity contribution in [3.8, 4) is 11.5 Å². The van der Waals surface area contributed by atoms with Crippen LogP contribution in [0.3, 0.4) is 0 Å². The van der Waals surface area contributed by atoms with Gasteiger partial charge in [0.2, 0.25) is 0 Å². The Kier molecular flexibility index (Phi) is 14.3. The zero-order chi connectivity index (χ0) is 17.6. The molecule has 0 atom stereocenters. The predicted octanol–water partition coefficient (Wildman–Crippen LogP) is 7.25. The first-order valence-corrected chi connectivity index (χ1v) is 11.8. The van der Waals surface area contributed by atoms with Crippen LogP contribution in [0.5, 0.6) is 11.5 Å². The summed E-state index contributed by atoms with van der Waals surface area (Å²) in [6.45, 7) is 1.52. The molecule has 0 aliphatic rings. The number of benzene rings is 1. The van der Waals surface area contributed by atoms with Crippen molar-refractivity contribution >= 4 is 68.4 Å². The van der Waals surface area contributed by atoms with E-state index in [9.17, 15) is 0 Å². The van der Waals surface area contributed by atoms with Crippen LogP contribution in [-0.2, 0) is 0 Å². The van der Waals surface area contributed by atoms with Gasteiger partial charge in [0.05, 0.1) is 20.4 Å². The first kappa shape index (κ1) is 22.9. The molecule has 0 fully saturated rings. The summed E-state index contributed by atoms with van der Waals surface area (Å²) < 4.78 is 14.0. The Hall–Kier alpha value is 0.860. The van der Waals surface area contributed by atoms with Crippen LogP contribution in [0.15, 0.2) is 12.1 Å². The fraction of sp³-hybridized carbons (Fsp3) is 0.667. The van der Waals surface area contributed by atoms with Gasteiger partial charge in [0.15, 0.2) is 0 Å². The summed E-state index contributed by atoms with van der Waals surface area (Å²) in [5, 5.41) is 0. The van der Waals surface area contributed by atoms with E-state index in [2.05, 4.69) is 57.3 Å². The van der Waals surface area contributed by atoms with E-state index in [-0.39, 0.29) is 0 Å². The van der Waals surface area contributed by atoms with Crippen LogP contribution >= 0.6 is 68.4 Å². The van der Waals surface area contributed by atoms with E-state index in [4.69, 9.17) is 32.7 Å². The summed E-state index contributed by atoms with van der Waals surface area (Å²) in [6, 6.07) is 4.15. The lowest BCUT2D eigenvalue weighted by Crippen LogP contribution is -2.02. The van der Waals surface area contributed by atoms with E-state index in [1.54, 1.807) is 0 Å². The molecule has 0 unspecified atom stereocenters. The average molecular weight is 599 g/mol. The Labute approximate surface area is 183 Å². The SMILES string of the molecule is ClCCCCCCOc1cc(I)c(OCCCCCCCl)cc1I. The Morgan fingerprint density at radius 2 is 1.00 bits per heavy atom. The maximum Gasteiger partial charge on any atom is 0.133 e. The summed E-state index contributed by atoms with van der Waals surface area (Å²) in [5.74, 6) is 3.41. The molecule has 6 heteroatoms. The maximum absolute atomic E-state index is 5.91. The second-order valence-corrected chi connectivity index (χ2v) is 8.70. The van der Waals surface area contributed by atoms with Gasteiger partial charge in [-0.2, -0.15) is 0 Å². The second-order valence-electron chi connectivity index (χ2n) is 5.62. The van der Waals surface area contributed by atoms with Gasteiger partial charge in [0.1, 0.15) is 11.5 Å². The Bertz CT molecular complexity index is 417. The van der Waals surface area contributed by atoms with Crippen LogP contribution in [0, 0.1) is 7.14 Å². The zero-order valence-corrected chi connectivity index (χ0v) is 19.8. The largest absolute Gasteiger partial charge is 0.492 e. The third-order valence-electron chi connectivity index (χ3n) is 3.56. The summed E-state index contributed by atoms with van der Waals surface area (Å²) in [7, 11) is 0. The minimum Gasteiger partial charge on any atom is -0.492 e. The van der Waals surface area contributed by atoms with E-state index in [1.807, 2.05) is 0 Å². The molecular formula is C18H26Cl2I2O2. The van der Waals surface area contributed by atoms with Gasteiger partial charge >= 0.3 is 0 Å². The van der Waals surface area contributed by atoms with E-state index < -0.39 is 0 Å². The van der Waals surface area contributed by atoms with E-state index in [1.165, 1.54) is 25.7 Å². The number of rotatable bonds is 14. The van der Waals surface area contributed by atoms with Crippen molar-refractivity contribution in [1.82, 2.24) is 0 Å². The highest BCUT2D eigenvalue weighted by Crippen LogP contribution is 2.31. The molecule has 0 spiro atoms. The Morgan fingerprint density at radius 1 is 0.625 bits per heavy atom. The quantitative estimate of drug-likeness (QED) is 0.128. The molecule has 0 heterocycles. The van der Waals surface area contributed by atoms with Crippen molar-refractivity contribution < 1.29 is 9.47 Å². The van der Waals surface area contributed by atoms with Gasteiger partial charge in [-0.05, 0) is 83.0 Å². The molecule has 0 aromatic heterocycles. The van der Waals surface area contributed by atoms with Crippen molar-refractivity contribution in [1.29, 1.82) is 0 Å². The lowest BCUT2D eigenvalue weighted by molar-refractivity contribution is 0.293. The average Bonchev–Trinajstić information content (AvgIpc) is 2.57. The molecule has 0 saturated carbocycles. The molecule has 138 valence electrons. The van der Waals surface area contributed by atoms with Gasteiger partial charge < -0.3 is 9.47 Å². The van der Waals surface area contributed by atoms with Crippen molar-refractivity contribution in [2.24, 2.45) is 0 Å². The molecule has 0 bridgehead atoms. The summed E-state index contributed by atoms with van der Waals surface area (Å²) in [6.07, 6.45) is 9.03. The van der Waals surface area contributed by atoms with Crippen molar-refractivity contribution in [2.75, 3.05) is 25.0 Å². The normalized spacial score (nSPS) is 10.8. The van der Waals surface area contributed by atoms with Gasteiger partial charge in [-0.15, -0.1) is 23.2 Å². The molecule has 1 aromatic rings. The second kappa shape index (κ2) is 15.0. The van der Waals surface area contributed by atoms with Gasteiger partial charge in [-0.3, -0.25) is 0 Å². The van der Waals surface area contributed by atoms with E-state index in [0.29, 0.717) is 0 Å². The maximum atomic E-state index is 5.91. The standard InChI is InChI=1S/C18H26Cl2I2O2/c19-9-5-1-3-7-11-23-17-13-16(22)18(14-15(17)21)24-12-8-4-2-6-10-20/h13-14H,1-12H2. The molecule has 0 N–H and O–H groups in total. The number of alkyl halides is 2. The molecular weight excluding hydrogens is 573 g/mol. The minimum absolute atomic E-state index is 0.755. The van der Waals surface area contributed by atoms with E-state index >= 15 is 0 Å². The van der Waals surface area contributed by atoms with Crippen LogP contribution in [0.25, 0.3) is 0 Å². The molecule has 0 radical (unpaired) electrons. The lowest BCUT2D eigenvalue weighted by Gasteiger charge is -2.13. The first-order valence-electron chi connectivity index (χ1n) is 8.55.